The average molecular weight is 256 g/mol. The smallest absolute Gasteiger partial charge is 0.326 e. The van der Waals surface area contributed by atoms with Gasteiger partial charge >= 0.3 is 12.0 Å². The number of nitrogens with one attached hydrogen (secondary N) is 1. The number of nitrogens with zero attached hydrogens (tertiary/aromatic N) is 1. The summed E-state index contributed by atoms with van der Waals surface area (Å²) in [5.74, 6) is -0.0600. The third kappa shape index (κ3) is 4.55. The van der Waals surface area contributed by atoms with Gasteiger partial charge in [-0.3, -0.25) is 0 Å². The molecule has 0 unspecified atom stereocenters. The summed E-state index contributed by atoms with van der Waals surface area (Å²) >= 11 is 0. The summed E-state index contributed by atoms with van der Waals surface area (Å²) in [4.78, 5) is 24.7. The lowest BCUT2D eigenvalue weighted by Gasteiger charge is -2.31. The summed E-state index contributed by atoms with van der Waals surface area (Å²) in [5, 5.41) is 11.7. The monoisotopic (exact) mass is 256 g/mol. The van der Waals surface area contributed by atoms with Gasteiger partial charge in [-0.25, -0.2) is 9.59 Å². The molecule has 1 fully saturated rings. The van der Waals surface area contributed by atoms with Crippen LogP contribution in [0.1, 0.15) is 40.0 Å². The number of carbonyl (C=O) groups is 2. The molecule has 104 valence electrons. The van der Waals surface area contributed by atoms with Crippen molar-refractivity contribution in [2.75, 3.05) is 13.1 Å². The van der Waals surface area contributed by atoms with Crippen LogP contribution in [0.3, 0.4) is 0 Å². The number of piperidine rings is 1. The van der Waals surface area contributed by atoms with Crippen LogP contribution in [0, 0.1) is 11.8 Å². The summed E-state index contributed by atoms with van der Waals surface area (Å²) in [6.45, 7) is 7.52. The lowest BCUT2D eigenvalue weighted by Crippen LogP contribution is -2.50. The molecular weight excluding hydrogens is 232 g/mol. The highest BCUT2D eigenvalue weighted by atomic mass is 16.4. The summed E-state index contributed by atoms with van der Waals surface area (Å²) < 4.78 is 0. The van der Waals surface area contributed by atoms with Gasteiger partial charge in [0.25, 0.3) is 0 Å². The Hall–Kier alpha value is -1.26. The van der Waals surface area contributed by atoms with Crippen LogP contribution in [0.5, 0.6) is 0 Å². The summed E-state index contributed by atoms with van der Waals surface area (Å²) in [6, 6.07) is -1.02. The van der Waals surface area contributed by atoms with Gasteiger partial charge in [-0.2, -0.15) is 0 Å². The molecule has 1 aliphatic heterocycles. The van der Waals surface area contributed by atoms with Crippen molar-refractivity contribution >= 4 is 12.0 Å². The fourth-order valence-electron chi connectivity index (χ4n) is 2.14. The third-order valence-corrected chi connectivity index (χ3v) is 3.37. The van der Waals surface area contributed by atoms with E-state index >= 15 is 0 Å². The maximum atomic E-state index is 12.0. The minimum atomic E-state index is -0.956. The number of hydrogen-bond acceptors (Lipinski definition) is 2. The fraction of sp³-hybridized carbons (Fsp3) is 0.846. The highest BCUT2D eigenvalue weighted by Gasteiger charge is 2.25. The molecule has 0 aromatic carbocycles. The lowest BCUT2D eigenvalue weighted by atomic mass is 9.99. The highest BCUT2D eigenvalue weighted by molar-refractivity contribution is 5.82. The van der Waals surface area contributed by atoms with Crippen LogP contribution in [0.15, 0.2) is 0 Å². The molecule has 2 N–H and O–H groups in total. The molecule has 18 heavy (non-hydrogen) atoms. The second-order valence-electron chi connectivity index (χ2n) is 5.64. The van der Waals surface area contributed by atoms with Gasteiger partial charge < -0.3 is 15.3 Å². The van der Waals surface area contributed by atoms with Crippen LogP contribution in [0.2, 0.25) is 0 Å². The highest BCUT2D eigenvalue weighted by Crippen LogP contribution is 2.16. The number of urea groups is 1. The van der Waals surface area contributed by atoms with E-state index in [1.54, 1.807) is 4.90 Å². The molecule has 0 aromatic heterocycles. The minimum Gasteiger partial charge on any atom is -0.480 e. The van der Waals surface area contributed by atoms with E-state index in [-0.39, 0.29) is 11.9 Å². The van der Waals surface area contributed by atoms with Crippen LogP contribution in [0.4, 0.5) is 4.79 Å². The van der Waals surface area contributed by atoms with Crippen molar-refractivity contribution in [1.29, 1.82) is 0 Å². The average Bonchev–Trinajstić information content (AvgIpc) is 2.28. The van der Waals surface area contributed by atoms with Gasteiger partial charge in [0, 0.05) is 13.1 Å². The molecule has 5 nitrogen and oxygen atoms in total. The maximum absolute atomic E-state index is 12.0. The van der Waals surface area contributed by atoms with Crippen molar-refractivity contribution in [1.82, 2.24) is 10.2 Å². The SMILES string of the molecule is CC(C)C[C@H](NC(=O)N1CCC(C)CC1)C(=O)O. The number of carbonyl (C=O) groups excluding carboxylic acids is 1. The number of likely N-dealkylation sites (tertiary alicyclic amines) is 1. The van der Waals surface area contributed by atoms with E-state index in [9.17, 15) is 9.59 Å². The normalized spacial score (nSPS) is 18.8. The number of rotatable bonds is 4. The summed E-state index contributed by atoms with van der Waals surface area (Å²) in [6.07, 6.45) is 2.45. The van der Waals surface area contributed by atoms with Crippen molar-refractivity contribution in [2.24, 2.45) is 11.8 Å². The Kier molecular flexibility index (Phi) is 5.44. The van der Waals surface area contributed by atoms with Crippen LogP contribution >= 0.6 is 0 Å². The first-order valence-corrected chi connectivity index (χ1v) is 6.68. The van der Waals surface area contributed by atoms with Crippen LogP contribution in [0.25, 0.3) is 0 Å². The van der Waals surface area contributed by atoms with Crippen LogP contribution in [-0.2, 0) is 4.79 Å². The standard InChI is InChI=1S/C13H24N2O3/c1-9(2)8-11(12(16)17)14-13(18)15-6-4-10(3)5-7-15/h9-11H,4-8H2,1-3H3,(H,14,18)(H,16,17)/t11-/m0/s1. The molecule has 0 spiro atoms. The number of aliphatic carboxylic acids is 1. The first kappa shape index (κ1) is 14.8. The molecule has 1 aliphatic rings. The number of carboxylic acids is 1. The second kappa shape index (κ2) is 6.61. The molecular formula is C13H24N2O3. The van der Waals surface area contributed by atoms with Gasteiger partial charge in [0.2, 0.25) is 0 Å². The number of carboxylic acid groups (broad SMARTS) is 1. The van der Waals surface area contributed by atoms with E-state index in [2.05, 4.69) is 12.2 Å². The Balaban J connectivity index is 2.48. The second-order valence-corrected chi connectivity index (χ2v) is 5.64. The zero-order valence-corrected chi connectivity index (χ0v) is 11.5. The molecule has 0 radical (unpaired) electrons. The number of hydrogen-bond donors (Lipinski definition) is 2. The maximum Gasteiger partial charge on any atom is 0.326 e. The molecule has 2 amide bonds. The van der Waals surface area contributed by atoms with Crippen molar-refractivity contribution in [2.45, 2.75) is 46.1 Å². The molecule has 0 aromatic rings. The summed E-state index contributed by atoms with van der Waals surface area (Å²) in [7, 11) is 0. The van der Waals surface area contributed by atoms with E-state index in [0.717, 1.165) is 25.9 Å². The molecule has 1 rings (SSSR count). The van der Waals surface area contributed by atoms with Gasteiger partial charge in [-0.1, -0.05) is 20.8 Å². The zero-order valence-electron chi connectivity index (χ0n) is 11.5. The summed E-state index contributed by atoms with van der Waals surface area (Å²) in [5.41, 5.74) is 0. The fourth-order valence-corrected chi connectivity index (χ4v) is 2.14. The molecule has 1 atom stereocenters. The van der Waals surface area contributed by atoms with Crippen molar-refractivity contribution in [3.05, 3.63) is 0 Å². The van der Waals surface area contributed by atoms with Crippen LogP contribution < -0.4 is 5.32 Å². The van der Waals surface area contributed by atoms with Crippen LogP contribution in [-0.4, -0.2) is 41.1 Å². The molecule has 0 saturated carbocycles. The topological polar surface area (TPSA) is 69.6 Å². The van der Waals surface area contributed by atoms with E-state index in [1.807, 2.05) is 13.8 Å². The Morgan fingerprint density at radius 3 is 2.33 bits per heavy atom. The van der Waals surface area contributed by atoms with Gasteiger partial charge in [0.1, 0.15) is 6.04 Å². The Morgan fingerprint density at radius 2 is 1.89 bits per heavy atom. The minimum absolute atomic E-state index is 0.241. The van der Waals surface area contributed by atoms with E-state index in [0.29, 0.717) is 12.3 Å². The van der Waals surface area contributed by atoms with E-state index in [4.69, 9.17) is 5.11 Å². The quantitative estimate of drug-likeness (QED) is 0.807. The van der Waals surface area contributed by atoms with Gasteiger partial charge in [0.05, 0.1) is 0 Å². The molecule has 5 heteroatoms. The van der Waals surface area contributed by atoms with E-state index in [1.165, 1.54) is 0 Å². The largest absolute Gasteiger partial charge is 0.480 e. The lowest BCUT2D eigenvalue weighted by molar-refractivity contribution is -0.139. The third-order valence-electron chi connectivity index (χ3n) is 3.37. The van der Waals surface area contributed by atoms with Gasteiger partial charge in [-0.15, -0.1) is 0 Å². The van der Waals surface area contributed by atoms with Crippen molar-refractivity contribution in [3.63, 3.8) is 0 Å². The first-order valence-electron chi connectivity index (χ1n) is 6.68. The Labute approximate surface area is 109 Å². The van der Waals surface area contributed by atoms with Gasteiger partial charge in [-0.05, 0) is 31.1 Å². The zero-order chi connectivity index (χ0) is 13.7. The van der Waals surface area contributed by atoms with E-state index < -0.39 is 12.0 Å². The Bertz CT molecular complexity index is 297. The van der Waals surface area contributed by atoms with Gasteiger partial charge in [0.15, 0.2) is 0 Å². The molecule has 0 bridgehead atoms. The molecule has 0 aliphatic carbocycles. The Morgan fingerprint density at radius 1 is 1.33 bits per heavy atom. The van der Waals surface area contributed by atoms with Crippen molar-refractivity contribution in [3.8, 4) is 0 Å². The van der Waals surface area contributed by atoms with Crippen molar-refractivity contribution < 1.29 is 14.7 Å². The number of amides is 2. The predicted molar refractivity (Wildman–Crippen MR) is 69.4 cm³/mol. The molecule has 1 saturated heterocycles. The predicted octanol–water partition coefficient (Wildman–Crippen LogP) is 1.93. The first-order chi connectivity index (χ1) is 8.40. The molecule has 1 heterocycles.